The molecule has 1 aromatic carbocycles. The molecule has 0 unspecified atom stereocenters. The first-order valence-corrected chi connectivity index (χ1v) is 4.14. The van der Waals surface area contributed by atoms with Crippen LogP contribution >= 0.6 is 0 Å². The minimum atomic E-state index is -1.09. The molecule has 0 N–H and O–H groups in total. The molecule has 0 heterocycles. The highest BCUT2D eigenvalue weighted by Crippen LogP contribution is 2.17. The molecule has 0 aliphatic heterocycles. The zero-order valence-corrected chi connectivity index (χ0v) is 8.21. The molecule has 0 amide bonds. The Morgan fingerprint density at radius 1 is 0.923 bits per heavy atom. The van der Waals surface area contributed by atoms with E-state index < -0.39 is 17.5 Å². The van der Waals surface area contributed by atoms with Gasteiger partial charge in [0, 0.05) is 5.56 Å². The highest BCUT2D eigenvalue weighted by Gasteiger charge is 2.12. The molecule has 0 aromatic heterocycles. The fourth-order valence-corrected chi connectivity index (χ4v) is 0.804. The summed E-state index contributed by atoms with van der Waals surface area (Å²) in [5, 5.41) is 0. The van der Waals surface area contributed by atoms with Gasteiger partial charge in [0.25, 0.3) is 0 Å². The Labute approximate surface area is 76.4 Å². The number of halogens is 3. The van der Waals surface area contributed by atoms with Crippen molar-refractivity contribution in [2.75, 3.05) is 0 Å². The van der Waals surface area contributed by atoms with E-state index in [1.165, 1.54) is 13.8 Å². The monoisotopic (exact) mass is 190 g/mol. The molecule has 0 radical (unpaired) electrons. The Balaban J connectivity index is 0.000000671. The predicted molar refractivity (Wildman–Crippen MR) is 47.1 cm³/mol. The third-order valence-corrected chi connectivity index (χ3v) is 1.57. The van der Waals surface area contributed by atoms with Crippen LogP contribution in [0.15, 0.2) is 6.07 Å². The normalized spacial score (nSPS) is 9.15. The first-order chi connectivity index (χ1) is 6.04. The average molecular weight is 190 g/mol. The lowest BCUT2D eigenvalue weighted by molar-refractivity contribution is 0.480. The van der Waals surface area contributed by atoms with Gasteiger partial charge >= 0.3 is 0 Å². The van der Waals surface area contributed by atoms with E-state index in [4.69, 9.17) is 0 Å². The van der Waals surface area contributed by atoms with E-state index in [0.717, 1.165) is 6.07 Å². The summed E-state index contributed by atoms with van der Waals surface area (Å²) in [6.45, 7) is 6.52. The zero-order valence-electron chi connectivity index (χ0n) is 8.21. The molecule has 1 aromatic rings. The molecule has 3 heteroatoms. The Hall–Kier alpha value is -0.990. The smallest absolute Gasteiger partial charge is 0.164 e. The molecule has 1 rings (SSSR count). The van der Waals surface area contributed by atoms with E-state index in [2.05, 4.69) is 0 Å². The van der Waals surface area contributed by atoms with Crippen LogP contribution in [0.1, 0.15) is 25.0 Å². The number of aryl methyl sites for hydroxylation is 1. The van der Waals surface area contributed by atoms with Gasteiger partial charge in [-0.3, -0.25) is 0 Å². The highest BCUT2D eigenvalue weighted by atomic mass is 19.2. The van der Waals surface area contributed by atoms with E-state index in [0.29, 0.717) is 0 Å². The minimum Gasteiger partial charge on any atom is -0.207 e. The summed E-state index contributed by atoms with van der Waals surface area (Å²) in [4.78, 5) is 0. The Morgan fingerprint density at radius 3 is 1.85 bits per heavy atom. The lowest BCUT2D eigenvalue weighted by Crippen LogP contribution is -1.96. The molecule has 0 fully saturated rings. The Morgan fingerprint density at radius 2 is 1.38 bits per heavy atom. The summed E-state index contributed by atoms with van der Waals surface area (Å²) in [7, 11) is 0. The molecule has 0 spiro atoms. The quantitative estimate of drug-likeness (QED) is 0.546. The van der Waals surface area contributed by atoms with Gasteiger partial charge in [0.2, 0.25) is 0 Å². The highest BCUT2D eigenvalue weighted by molar-refractivity contribution is 5.25. The first-order valence-electron chi connectivity index (χ1n) is 4.14. The SMILES string of the molecule is CC.Cc1cc(F)c(C)c(F)c1F. The van der Waals surface area contributed by atoms with Crippen LogP contribution in [0.2, 0.25) is 0 Å². The molecule has 0 atom stereocenters. The molecule has 0 saturated carbocycles. The fraction of sp³-hybridized carbons (Fsp3) is 0.400. The van der Waals surface area contributed by atoms with Crippen LogP contribution in [-0.4, -0.2) is 0 Å². The lowest BCUT2D eigenvalue weighted by Gasteiger charge is -2.01. The third-order valence-electron chi connectivity index (χ3n) is 1.57. The van der Waals surface area contributed by atoms with Gasteiger partial charge in [0.15, 0.2) is 11.6 Å². The van der Waals surface area contributed by atoms with Gasteiger partial charge in [-0.05, 0) is 25.5 Å². The van der Waals surface area contributed by atoms with Gasteiger partial charge in [-0.15, -0.1) is 0 Å². The fourth-order valence-electron chi connectivity index (χ4n) is 0.804. The molecule has 0 aliphatic carbocycles. The van der Waals surface area contributed by atoms with Crippen molar-refractivity contribution in [2.24, 2.45) is 0 Å². The largest absolute Gasteiger partial charge is 0.207 e. The molecule has 74 valence electrons. The number of hydrogen-bond acceptors (Lipinski definition) is 0. The number of hydrogen-bond donors (Lipinski definition) is 0. The van der Waals surface area contributed by atoms with Crippen LogP contribution in [0.3, 0.4) is 0 Å². The Bertz CT molecular complexity index is 266. The second-order valence-corrected chi connectivity index (χ2v) is 2.43. The molecule has 0 aliphatic rings. The maximum atomic E-state index is 12.6. The molecule has 0 bridgehead atoms. The maximum absolute atomic E-state index is 12.6. The third kappa shape index (κ3) is 2.47. The number of benzene rings is 1. The molecule has 0 nitrogen and oxygen atoms in total. The summed E-state index contributed by atoms with van der Waals surface area (Å²) in [5.74, 6) is -2.77. The molecule has 13 heavy (non-hydrogen) atoms. The van der Waals surface area contributed by atoms with E-state index >= 15 is 0 Å². The van der Waals surface area contributed by atoms with Crippen LogP contribution in [0.4, 0.5) is 13.2 Å². The average Bonchev–Trinajstić information content (AvgIpc) is 2.15. The van der Waals surface area contributed by atoms with Gasteiger partial charge in [-0.1, -0.05) is 13.8 Å². The van der Waals surface area contributed by atoms with Crippen molar-refractivity contribution < 1.29 is 13.2 Å². The van der Waals surface area contributed by atoms with E-state index in [1.54, 1.807) is 0 Å². The van der Waals surface area contributed by atoms with Crippen LogP contribution in [0, 0.1) is 31.3 Å². The van der Waals surface area contributed by atoms with Crippen molar-refractivity contribution in [3.05, 3.63) is 34.6 Å². The van der Waals surface area contributed by atoms with Crippen LogP contribution < -0.4 is 0 Å². The lowest BCUT2D eigenvalue weighted by atomic mass is 10.1. The van der Waals surface area contributed by atoms with Crippen LogP contribution in [0.5, 0.6) is 0 Å². The standard InChI is InChI=1S/C8H7F3.C2H6/c1-4-3-6(9)5(2)8(11)7(4)10;1-2/h3H,1-2H3;1-2H3. The van der Waals surface area contributed by atoms with E-state index in [1.807, 2.05) is 13.8 Å². The van der Waals surface area contributed by atoms with Crippen LogP contribution in [-0.2, 0) is 0 Å². The summed E-state index contributed by atoms with van der Waals surface area (Å²) in [6, 6.07) is 0.980. The minimum absolute atomic E-state index is 0.00870. The second kappa shape index (κ2) is 4.90. The summed E-state index contributed by atoms with van der Waals surface area (Å²) in [6.07, 6.45) is 0. The maximum Gasteiger partial charge on any atom is 0.164 e. The topological polar surface area (TPSA) is 0 Å². The molecule has 0 saturated heterocycles. The first kappa shape index (κ1) is 12.0. The van der Waals surface area contributed by atoms with Crippen molar-refractivity contribution in [1.29, 1.82) is 0 Å². The van der Waals surface area contributed by atoms with E-state index in [-0.39, 0.29) is 11.1 Å². The Kier molecular flexibility index (Phi) is 4.52. The summed E-state index contributed by atoms with van der Waals surface area (Å²) < 4.78 is 37.9. The van der Waals surface area contributed by atoms with Crippen molar-refractivity contribution in [3.63, 3.8) is 0 Å². The number of rotatable bonds is 0. The van der Waals surface area contributed by atoms with Crippen molar-refractivity contribution in [2.45, 2.75) is 27.7 Å². The van der Waals surface area contributed by atoms with Gasteiger partial charge < -0.3 is 0 Å². The van der Waals surface area contributed by atoms with Crippen LogP contribution in [0.25, 0.3) is 0 Å². The summed E-state index contributed by atoms with van der Waals surface area (Å²) in [5.41, 5.74) is -0.279. The van der Waals surface area contributed by atoms with E-state index in [9.17, 15) is 13.2 Å². The van der Waals surface area contributed by atoms with Gasteiger partial charge in [0.05, 0.1) is 0 Å². The predicted octanol–water partition coefficient (Wildman–Crippen LogP) is 3.75. The van der Waals surface area contributed by atoms with Gasteiger partial charge in [0.1, 0.15) is 5.82 Å². The van der Waals surface area contributed by atoms with Crippen molar-refractivity contribution >= 4 is 0 Å². The van der Waals surface area contributed by atoms with Gasteiger partial charge in [-0.25, -0.2) is 13.2 Å². The summed E-state index contributed by atoms with van der Waals surface area (Å²) >= 11 is 0. The van der Waals surface area contributed by atoms with Crippen molar-refractivity contribution in [3.8, 4) is 0 Å². The second-order valence-electron chi connectivity index (χ2n) is 2.43. The molecular weight excluding hydrogens is 177 g/mol. The molecular formula is C10H13F3. The zero-order chi connectivity index (χ0) is 10.6. The van der Waals surface area contributed by atoms with Gasteiger partial charge in [-0.2, -0.15) is 0 Å². The van der Waals surface area contributed by atoms with Crippen molar-refractivity contribution in [1.82, 2.24) is 0 Å².